The maximum atomic E-state index is 5.60. The van der Waals surface area contributed by atoms with Crippen LogP contribution in [-0.2, 0) is 4.74 Å². The summed E-state index contributed by atoms with van der Waals surface area (Å²) in [5.41, 5.74) is 1.05. The van der Waals surface area contributed by atoms with Crippen molar-refractivity contribution >= 4 is 5.71 Å². The minimum absolute atomic E-state index is 0.0908. The Bertz CT molecular complexity index is 255. The van der Waals surface area contributed by atoms with Crippen LogP contribution in [0.2, 0.25) is 0 Å². The van der Waals surface area contributed by atoms with Crippen LogP contribution in [0.1, 0.15) is 32.6 Å². The highest BCUT2D eigenvalue weighted by Crippen LogP contribution is 2.14. The highest BCUT2D eigenvalue weighted by Gasteiger charge is 2.25. The first-order valence-electron chi connectivity index (χ1n) is 6.72. The van der Waals surface area contributed by atoms with E-state index in [1.807, 2.05) is 7.05 Å². The van der Waals surface area contributed by atoms with Crippen LogP contribution in [-0.4, -0.2) is 38.6 Å². The number of ether oxygens (including phenoxy) is 1. The zero-order valence-corrected chi connectivity index (χ0v) is 12.1. The summed E-state index contributed by atoms with van der Waals surface area (Å²) in [6.07, 6.45) is 9.09. The molecule has 1 aliphatic heterocycles. The molecule has 2 unspecified atom stereocenters. The van der Waals surface area contributed by atoms with Crippen LogP contribution in [0.3, 0.4) is 0 Å². The molecule has 0 aliphatic carbocycles. The molecule has 0 spiro atoms. The van der Waals surface area contributed by atoms with Crippen LogP contribution in [0.25, 0.3) is 0 Å². The highest BCUT2D eigenvalue weighted by molar-refractivity contribution is 5.99. The van der Waals surface area contributed by atoms with E-state index in [9.17, 15) is 0 Å². The third-order valence-electron chi connectivity index (χ3n) is 3.04. The summed E-state index contributed by atoms with van der Waals surface area (Å²) >= 11 is 0. The van der Waals surface area contributed by atoms with Crippen LogP contribution in [0.5, 0.6) is 0 Å². The fraction of sp³-hybridized carbons (Fsp3) is 0.667. The van der Waals surface area contributed by atoms with Gasteiger partial charge in [-0.05, 0) is 31.9 Å². The molecule has 0 radical (unpaired) electrons. The summed E-state index contributed by atoms with van der Waals surface area (Å²) in [6.45, 7) is 9.23. The largest absolute Gasteiger partial charge is 0.374 e. The number of allylic oxidation sites excluding steroid dienone is 1. The number of hydrogen-bond acceptors (Lipinski definition) is 3. The second-order valence-electron chi connectivity index (χ2n) is 4.17. The Labute approximate surface area is 112 Å². The van der Waals surface area contributed by atoms with Crippen LogP contribution in [0.4, 0.5) is 0 Å². The third kappa shape index (κ3) is 5.61. The Kier molecular flexibility index (Phi) is 10.6. The normalized spacial score (nSPS) is 22.4. The lowest BCUT2D eigenvalue weighted by Crippen LogP contribution is -2.47. The molecule has 2 atom stereocenters. The summed E-state index contributed by atoms with van der Waals surface area (Å²) < 4.78 is 5.60. The van der Waals surface area contributed by atoms with Gasteiger partial charge in [-0.15, -0.1) is 13.2 Å². The van der Waals surface area contributed by atoms with Gasteiger partial charge in [0.1, 0.15) is 6.10 Å². The standard InChI is InChI=1S/C13H24N2O.C2H4/c1-4-5-8-11(14-2)13(16-3)12-9-6-7-10-15-12;1-2/h5,8,12-13,15H,4,6-7,9-10H2,1-3H3;1-2H2/b8-5-,14-11?;. The molecule has 0 saturated carbocycles. The van der Waals surface area contributed by atoms with E-state index in [4.69, 9.17) is 4.74 Å². The molecule has 1 fully saturated rings. The lowest BCUT2D eigenvalue weighted by Gasteiger charge is -2.30. The first-order chi connectivity index (χ1) is 8.83. The number of nitrogens with one attached hydrogen (secondary N) is 1. The Balaban J connectivity index is 0.00000137. The molecule has 104 valence electrons. The van der Waals surface area contributed by atoms with Gasteiger partial charge in [0.2, 0.25) is 0 Å². The quantitative estimate of drug-likeness (QED) is 0.603. The van der Waals surface area contributed by atoms with E-state index in [0.717, 1.165) is 18.7 Å². The number of hydrogen-bond donors (Lipinski definition) is 1. The van der Waals surface area contributed by atoms with E-state index in [0.29, 0.717) is 6.04 Å². The zero-order chi connectivity index (χ0) is 13.8. The summed E-state index contributed by atoms with van der Waals surface area (Å²) in [5.74, 6) is 0. The maximum Gasteiger partial charge on any atom is 0.114 e. The summed E-state index contributed by atoms with van der Waals surface area (Å²) in [6, 6.07) is 0.416. The minimum Gasteiger partial charge on any atom is -0.374 e. The number of aliphatic imine (C=N–C) groups is 1. The molecule has 3 heteroatoms. The van der Waals surface area contributed by atoms with Crippen molar-refractivity contribution in [3.63, 3.8) is 0 Å². The fourth-order valence-corrected chi connectivity index (χ4v) is 2.16. The molecule has 3 nitrogen and oxygen atoms in total. The van der Waals surface area contributed by atoms with Crippen molar-refractivity contribution < 1.29 is 4.74 Å². The van der Waals surface area contributed by atoms with E-state index in [2.05, 4.69) is 42.5 Å². The van der Waals surface area contributed by atoms with E-state index >= 15 is 0 Å². The predicted molar refractivity (Wildman–Crippen MR) is 80.5 cm³/mol. The van der Waals surface area contributed by atoms with Crippen LogP contribution in [0.15, 0.2) is 30.3 Å². The van der Waals surface area contributed by atoms with Gasteiger partial charge in [-0.1, -0.05) is 19.4 Å². The molecule has 0 aromatic heterocycles. The van der Waals surface area contributed by atoms with Crippen molar-refractivity contribution in [1.29, 1.82) is 0 Å². The highest BCUT2D eigenvalue weighted by atomic mass is 16.5. The van der Waals surface area contributed by atoms with Gasteiger partial charge in [0, 0.05) is 20.2 Å². The average molecular weight is 252 g/mol. The van der Waals surface area contributed by atoms with Gasteiger partial charge in [0.15, 0.2) is 0 Å². The van der Waals surface area contributed by atoms with E-state index in [-0.39, 0.29) is 6.10 Å². The number of methoxy groups -OCH3 is 1. The van der Waals surface area contributed by atoms with Gasteiger partial charge in [0.25, 0.3) is 0 Å². The molecule has 1 aliphatic rings. The number of piperidine rings is 1. The minimum atomic E-state index is 0.0908. The Hall–Kier alpha value is -0.930. The van der Waals surface area contributed by atoms with Crippen LogP contribution in [0, 0.1) is 0 Å². The van der Waals surface area contributed by atoms with Crippen molar-refractivity contribution in [3.05, 3.63) is 25.3 Å². The topological polar surface area (TPSA) is 33.6 Å². The van der Waals surface area contributed by atoms with Crippen molar-refractivity contribution in [1.82, 2.24) is 5.32 Å². The van der Waals surface area contributed by atoms with Crippen molar-refractivity contribution in [2.24, 2.45) is 4.99 Å². The average Bonchev–Trinajstić information content (AvgIpc) is 2.46. The Morgan fingerprint density at radius 3 is 2.67 bits per heavy atom. The van der Waals surface area contributed by atoms with Crippen molar-refractivity contribution in [3.8, 4) is 0 Å². The number of rotatable bonds is 5. The first-order valence-corrected chi connectivity index (χ1v) is 6.72. The number of nitrogens with zero attached hydrogens (tertiary/aromatic N) is 1. The maximum absolute atomic E-state index is 5.60. The Morgan fingerprint density at radius 1 is 1.50 bits per heavy atom. The fourth-order valence-electron chi connectivity index (χ4n) is 2.16. The summed E-state index contributed by atoms with van der Waals surface area (Å²) in [5, 5.41) is 3.52. The molecule has 1 heterocycles. The molecule has 1 saturated heterocycles. The third-order valence-corrected chi connectivity index (χ3v) is 3.04. The Morgan fingerprint density at radius 2 is 2.22 bits per heavy atom. The molecule has 18 heavy (non-hydrogen) atoms. The predicted octanol–water partition coefficient (Wildman–Crippen LogP) is 2.98. The summed E-state index contributed by atoms with van der Waals surface area (Å²) in [7, 11) is 3.61. The van der Waals surface area contributed by atoms with Gasteiger partial charge >= 0.3 is 0 Å². The van der Waals surface area contributed by atoms with Crippen LogP contribution < -0.4 is 5.32 Å². The van der Waals surface area contributed by atoms with Crippen molar-refractivity contribution in [2.75, 3.05) is 20.7 Å². The second-order valence-corrected chi connectivity index (χ2v) is 4.17. The zero-order valence-electron chi connectivity index (χ0n) is 12.1. The van der Waals surface area contributed by atoms with Gasteiger partial charge in [-0.2, -0.15) is 0 Å². The lowest BCUT2D eigenvalue weighted by molar-refractivity contribution is 0.110. The monoisotopic (exact) mass is 252 g/mol. The second kappa shape index (κ2) is 11.2. The molecule has 0 aromatic rings. The van der Waals surface area contributed by atoms with Crippen molar-refractivity contribution in [2.45, 2.75) is 44.8 Å². The molecule has 0 amide bonds. The van der Waals surface area contributed by atoms with Gasteiger partial charge in [-0.3, -0.25) is 4.99 Å². The smallest absolute Gasteiger partial charge is 0.114 e. The lowest BCUT2D eigenvalue weighted by atomic mass is 9.96. The molecular weight excluding hydrogens is 224 g/mol. The molecule has 1 N–H and O–H groups in total. The van der Waals surface area contributed by atoms with Gasteiger partial charge in [-0.25, -0.2) is 0 Å². The van der Waals surface area contributed by atoms with E-state index < -0.39 is 0 Å². The first kappa shape index (κ1) is 17.1. The van der Waals surface area contributed by atoms with Gasteiger partial charge in [0.05, 0.1) is 5.71 Å². The molecule has 1 rings (SSSR count). The SMILES string of the molecule is C=C.CC/C=C\C(=NC)C(OC)C1CCCCN1. The molecule has 0 bridgehead atoms. The summed E-state index contributed by atoms with van der Waals surface area (Å²) in [4.78, 5) is 4.34. The van der Waals surface area contributed by atoms with Gasteiger partial charge < -0.3 is 10.1 Å². The van der Waals surface area contributed by atoms with E-state index in [1.54, 1.807) is 7.11 Å². The molecule has 0 aromatic carbocycles. The van der Waals surface area contributed by atoms with E-state index in [1.165, 1.54) is 19.3 Å². The van der Waals surface area contributed by atoms with Crippen LogP contribution >= 0.6 is 0 Å². The molecular formula is C15H28N2O.